The van der Waals surface area contributed by atoms with Crippen LogP contribution in [0, 0.1) is 0 Å². The minimum atomic E-state index is -4.61. The number of ether oxygens (including phenoxy) is 1. The molecule has 0 fully saturated rings. The topological polar surface area (TPSA) is 76.4 Å². The SMILES string of the molecule is COC(C)(C)CNC(=O)c1ccc(NN)c(C(F)(F)F)c1. The van der Waals surface area contributed by atoms with Gasteiger partial charge in [0.2, 0.25) is 0 Å². The van der Waals surface area contributed by atoms with Gasteiger partial charge in [0.05, 0.1) is 16.9 Å². The van der Waals surface area contributed by atoms with Crippen LogP contribution >= 0.6 is 0 Å². The van der Waals surface area contributed by atoms with E-state index in [1.807, 2.05) is 5.43 Å². The van der Waals surface area contributed by atoms with E-state index in [1.54, 1.807) is 13.8 Å². The quantitative estimate of drug-likeness (QED) is 0.575. The number of anilines is 1. The molecular weight excluding hydrogens is 287 g/mol. The van der Waals surface area contributed by atoms with Crippen LogP contribution in [0.3, 0.4) is 0 Å². The number of hydrogen-bond donors (Lipinski definition) is 3. The van der Waals surface area contributed by atoms with Crippen LogP contribution in [0.15, 0.2) is 18.2 Å². The van der Waals surface area contributed by atoms with Gasteiger partial charge in [-0.3, -0.25) is 10.6 Å². The maximum atomic E-state index is 12.9. The van der Waals surface area contributed by atoms with Crippen LogP contribution in [0.5, 0.6) is 0 Å². The van der Waals surface area contributed by atoms with Crippen molar-refractivity contribution in [2.24, 2.45) is 5.84 Å². The van der Waals surface area contributed by atoms with Gasteiger partial charge in [-0.1, -0.05) is 0 Å². The minimum absolute atomic E-state index is 0.103. The Balaban J connectivity index is 2.96. The maximum absolute atomic E-state index is 12.9. The summed E-state index contributed by atoms with van der Waals surface area (Å²) in [6.07, 6.45) is -4.61. The Morgan fingerprint density at radius 3 is 2.43 bits per heavy atom. The third kappa shape index (κ3) is 4.61. The Kier molecular flexibility index (Phi) is 5.19. The van der Waals surface area contributed by atoms with E-state index in [-0.39, 0.29) is 17.8 Å². The molecule has 1 amide bonds. The molecule has 0 saturated carbocycles. The van der Waals surface area contributed by atoms with E-state index < -0.39 is 23.2 Å². The molecule has 0 radical (unpaired) electrons. The van der Waals surface area contributed by atoms with Gasteiger partial charge >= 0.3 is 6.18 Å². The molecule has 0 spiro atoms. The second-order valence-electron chi connectivity index (χ2n) is 5.05. The number of rotatable bonds is 5. The normalized spacial score (nSPS) is 12.1. The first-order valence-corrected chi connectivity index (χ1v) is 6.12. The van der Waals surface area contributed by atoms with E-state index in [2.05, 4.69) is 5.32 Å². The van der Waals surface area contributed by atoms with E-state index in [1.165, 1.54) is 13.2 Å². The molecule has 1 aromatic rings. The molecular formula is C13H18F3N3O2. The molecule has 5 nitrogen and oxygen atoms in total. The lowest BCUT2D eigenvalue weighted by Gasteiger charge is -2.23. The lowest BCUT2D eigenvalue weighted by molar-refractivity contribution is -0.137. The van der Waals surface area contributed by atoms with Gasteiger partial charge in [0, 0.05) is 19.2 Å². The van der Waals surface area contributed by atoms with Crippen LogP contribution in [0.4, 0.5) is 18.9 Å². The van der Waals surface area contributed by atoms with Gasteiger partial charge in [-0.2, -0.15) is 13.2 Å². The average Bonchev–Trinajstić information content (AvgIpc) is 2.43. The molecule has 0 aromatic heterocycles. The van der Waals surface area contributed by atoms with E-state index in [0.717, 1.165) is 12.1 Å². The number of hydrazine groups is 1. The molecule has 8 heteroatoms. The highest BCUT2D eigenvalue weighted by molar-refractivity contribution is 5.95. The van der Waals surface area contributed by atoms with Crippen molar-refractivity contribution >= 4 is 11.6 Å². The monoisotopic (exact) mass is 305 g/mol. The van der Waals surface area contributed by atoms with E-state index in [4.69, 9.17) is 10.6 Å². The minimum Gasteiger partial charge on any atom is -0.377 e. The van der Waals surface area contributed by atoms with E-state index in [0.29, 0.717) is 0 Å². The first kappa shape index (κ1) is 17.3. The fourth-order valence-electron chi connectivity index (χ4n) is 1.51. The van der Waals surface area contributed by atoms with Crippen LogP contribution in [0.1, 0.15) is 29.8 Å². The summed E-state index contributed by atoms with van der Waals surface area (Å²) in [5.41, 5.74) is -0.0431. The highest BCUT2D eigenvalue weighted by atomic mass is 19.4. The van der Waals surface area contributed by atoms with Gasteiger partial charge in [0.1, 0.15) is 0 Å². The molecule has 0 bridgehead atoms. The first-order chi connectivity index (χ1) is 9.60. The predicted molar refractivity (Wildman–Crippen MR) is 72.7 cm³/mol. The number of amides is 1. The maximum Gasteiger partial charge on any atom is 0.418 e. The summed E-state index contributed by atoms with van der Waals surface area (Å²) >= 11 is 0. The first-order valence-electron chi connectivity index (χ1n) is 6.12. The average molecular weight is 305 g/mol. The number of nitrogens with one attached hydrogen (secondary N) is 2. The Labute approximate surface area is 120 Å². The van der Waals surface area contributed by atoms with Gasteiger partial charge in [-0.25, -0.2) is 0 Å². The summed E-state index contributed by atoms with van der Waals surface area (Å²) in [6.45, 7) is 3.66. The van der Waals surface area contributed by atoms with Crippen molar-refractivity contribution < 1.29 is 22.7 Å². The number of halogens is 3. The summed E-state index contributed by atoms with van der Waals surface area (Å²) in [7, 11) is 1.48. The Morgan fingerprint density at radius 1 is 1.33 bits per heavy atom. The van der Waals surface area contributed by atoms with Crippen molar-refractivity contribution in [1.82, 2.24) is 5.32 Å². The lowest BCUT2D eigenvalue weighted by atomic mass is 10.1. The van der Waals surface area contributed by atoms with Crippen LogP contribution in [-0.4, -0.2) is 25.2 Å². The zero-order valence-corrected chi connectivity index (χ0v) is 12.0. The van der Waals surface area contributed by atoms with Gasteiger partial charge < -0.3 is 15.5 Å². The van der Waals surface area contributed by atoms with Crippen molar-refractivity contribution in [1.29, 1.82) is 0 Å². The molecule has 0 saturated heterocycles. The summed E-state index contributed by atoms with van der Waals surface area (Å²) in [5, 5.41) is 2.52. The molecule has 118 valence electrons. The highest BCUT2D eigenvalue weighted by Gasteiger charge is 2.34. The predicted octanol–water partition coefficient (Wildman–Crippen LogP) is 2.15. The number of alkyl halides is 3. The molecule has 4 N–H and O–H groups in total. The number of benzene rings is 1. The zero-order chi connectivity index (χ0) is 16.3. The molecule has 0 unspecified atom stereocenters. The van der Waals surface area contributed by atoms with Gasteiger partial charge in [0.25, 0.3) is 5.91 Å². The van der Waals surface area contributed by atoms with Crippen molar-refractivity contribution in [3.8, 4) is 0 Å². The van der Waals surface area contributed by atoms with Crippen LogP contribution < -0.4 is 16.6 Å². The number of methoxy groups -OCH3 is 1. The fraction of sp³-hybridized carbons (Fsp3) is 0.462. The molecule has 1 rings (SSSR count). The Hall–Kier alpha value is -1.80. The molecule has 1 aromatic carbocycles. The van der Waals surface area contributed by atoms with E-state index >= 15 is 0 Å². The van der Waals surface area contributed by atoms with Gasteiger partial charge in [0.15, 0.2) is 0 Å². The van der Waals surface area contributed by atoms with Crippen molar-refractivity contribution in [2.45, 2.75) is 25.6 Å². The molecule has 0 aliphatic carbocycles. The fourth-order valence-corrected chi connectivity index (χ4v) is 1.51. The number of carbonyl (C=O) groups is 1. The van der Waals surface area contributed by atoms with Gasteiger partial charge in [-0.15, -0.1) is 0 Å². The van der Waals surface area contributed by atoms with Crippen LogP contribution in [-0.2, 0) is 10.9 Å². The van der Waals surface area contributed by atoms with E-state index in [9.17, 15) is 18.0 Å². The Morgan fingerprint density at radius 2 is 1.95 bits per heavy atom. The number of carbonyl (C=O) groups excluding carboxylic acids is 1. The van der Waals surface area contributed by atoms with Gasteiger partial charge in [-0.05, 0) is 32.0 Å². The standard InChI is InChI=1S/C13H18F3N3O2/c1-12(2,21-3)7-18-11(20)8-4-5-10(19-17)9(6-8)13(14,15)16/h4-6,19H,7,17H2,1-3H3,(H,18,20). The molecule has 0 aliphatic rings. The molecule has 0 aliphatic heterocycles. The Bertz CT molecular complexity index is 516. The third-order valence-electron chi connectivity index (χ3n) is 2.97. The van der Waals surface area contributed by atoms with Crippen molar-refractivity contribution in [2.75, 3.05) is 19.1 Å². The molecule has 0 heterocycles. The number of hydrogen-bond acceptors (Lipinski definition) is 4. The molecule has 0 atom stereocenters. The van der Waals surface area contributed by atoms with Crippen molar-refractivity contribution in [3.05, 3.63) is 29.3 Å². The summed E-state index contributed by atoms with van der Waals surface area (Å²) < 4.78 is 43.7. The third-order valence-corrected chi connectivity index (χ3v) is 2.97. The second kappa shape index (κ2) is 6.31. The lowest BCUT2D eigenvalue weighted by Crippen LogP contribution is -2.39. The smallest absolute Gasteiger partial charge is 0.377 e. The van der Waals surface area contributed by atoms with Crippen LogP contribution in [0.2, 0.25) is 0 Å². The van der Waals surface area contributed by atoms with Crippen molar-refractivity contribution in [3.63, 3.8) is 0 Å². The number of nitrogen functional groups attached to an aromatic ring is 1. The molecule has 21 heavy (non-hydrogen) atoms. The largest absolute Gasteiger partial charge is 0.418 e. The summed E-state index contributed by atoms with van der Waals surface area (Å²) in [5.74, 6) is 4.42. The van der Waals surface area contributed by atoms with Crippen LogP contribution in [0.25, 0.3) is 0 Å². The highest BCUT2D eigenvalue weighted by Crippen LogP contribution is 2.35. The zero-order valence-electron chi connectivity index (χ0n) is 12.0. The number of nitrogens with two attached hydrogens (primary N) is 1. The summed E-state index contributed by atoms with van der Waals surface area (Å²) in [4.78, 5) is 11.9. The second-order valence-corrected chi connectivity index (χ2v) is 5.05. The summed E-state index contributed by atoms with van der Waals surface area (Å²) in [6, 6.07) is 3.13.